The standard InChI is InChI=1S/C29H29NO3/c1-29(2)16-18-30(19-17-29)23-14-12-22(13-15-23)27-28(32-20-21-8-4-3-5-9-21)26(31)24-10-6-7-11-25(24)33-27/h3-15H,16-20H2,1-2H3. The van der Waals surface area contributed by atoms with Crippen molar-refractivity contribution in [2.75, 3.05) is 18.0 Å². The molecule has 3 aromatic carbocycles. The van der Waals surface area contributed by atoms with E-state index in [-0.39, 0.29) is 11.2 Å². The van der Waals surface area contributed by atoms with E-state index >= 15 is 0 Å². The number of nitrogens with zero attached hydrogens (tertiary/aromatic N) is 1. The van der Waals surface area contributed by atoms with Crippen LogP contribution in [0.3, 0.4) is 0 Å². The second-order valence-corrected chi connectivity index (χ2v) is 9.56. The predicted octanol–water partition coefficient (Wildman–Crippen LogP) is 6.67. The molecule has 0 radical (unpaired) electrons. The van der Waals surface area contributed by atoms with Gasteiger partial charge in [0.25, 0.3) is 0 Å². The van der Waals surface area contributed by atoms with Crippen molar-refractivity contribution in [3.05, 3.63) is 94.6 Å². The lowest BCUT2D eigenvalue weighted by Crippen LogP contribution is -2.37. The van der Waals surface area contributed by atoms with Gasteiger partial charge in [-0.2, -0.15) is 0 Å². The van der Waals surface area contributed by atoms with Crippen molar-refractivity contribution in [2.45, 2.75) is 33.3 Å². The first-order chi connectivity index (χ1) is 16.0. The molecule has 0 spiro atoms. The fourth-order valence-electron chi connectivity index (χ4n) is 4.37. The number of piperidine rings is 1. The van der Waals surface area contributed by atoms with Crippen LogP contribution in [0, 0.1) is 5.41 Å². The van der Waals surface area contributed by atoms with Crippen molar-refractivity contribution < 1.29 is 9.15 Å². The van der Waals surface area contributed by atoms with Crippen LogP contribution in [0.5, 0.6) is 5.75 Å². The van der Waals surface area contributed by atoms with E-state index in [1.807, 2.05) is 60.7 Å². The number of fused-ring (bicyclic) bond motifs is 1. The van der Waals surface area contributed by atoms with Crippen molar-refractivity contribution in [1.82, 2.24) is 0 Å². The number of benzene rings is 3. The summed E-state index contributed by atoms with van der Waals surface area (Å²) in [7, 11) is 0. The van der Waals surface area contributed by atoms with Gasteiger partial charge in [-0.1, -0.05) is 56.3 Å². The van der Waals surface area contributed by atoms with Gasteiger partial charge < -0.3 is 14.1 Å². The molecule has 1 saturated heterocycles. The Balaban J connectivity index is 1.49. The number of anilines is 1. The zero-order valence-corrected chi connectivity index (χ0v) is 19.2. The van der Waals surface area contributed by atoms with Gasteiger partial charge in [-0.05, 0) is 60.2 Å². The Morgan fingerprint density at radius 2 is 1.55 bits per heavy atom. The lowest BCUT2D eigenvalue weighted by Gasteiger charge is -2.38. The quantitative estimate of drug-likeness (QED) is 0.348. The van der Waals surface area contributed by atoms with Crippen LogP contribution < -0.4 is 15.1 Å². The average Bonchev–Trinajstić information content (AvgIpc) is 2.84. The SMILES string of the molecule is CC1(C)CCN(c2ccc(-c3oc4ccccc4c(=O)c3OCc3ccccc3)cc2)CC1. The molecule has 1 aromatic heterocycles. The summed E-state index contributed by atoms with van der Waals surface area (Å²) in [6.07, 6.45) is 2.37. The first kappa shape index (κ1) is 21.3. The van der Waals surface area contributed by atoms with Crippen LogP contribution in [-0.4, -0.2) is 13.1 Å². The Morgan fingerprint density at radius 3 is 2.27 bits per heavy atom. The normalized spacial score (nSPS) is 15.5. The molecule has 2 heterocycles. The second kappa shape index (κ2) is 8.78. The van der Waals surface area contributed by atoms with Gasteiger partial charge in [0.2, 0.25) is 11.2 Å². The van der Waals surface area contributed by atoms with Gasteiger partial charge in [-0.3, -0.25) is 4.79 Å². The van der Waals surface area contributed by atoms with Crippen LogP contribution in [0.1, 0.15) is 32.3 Å². The highest BCUT2D eigenvalue weighted by molar-refractivity contribution is 5.82. The van der Waals surface area contributed by atoms with Gasteiger partial charge in [-0.15, -0.1) is 0 Å². The summed E-state index contributed by atoms with van der Waals surface area (Å²) in [5, 5.41) is 0.525. The third-order valence-corrected chi connectivity index (χ3v) is 6.59. The van der Waals surface area contributed by atoms with Crippen molar-refractivity contribution in [3.63, 3.8) is 0 Å². The molecule has 4 nitrogen and oxygen atoms in total. The summed E-state index contributed by atoms with van der Waals surface area (Å²) in [5.74, 6) is 0.728. The molecule has 0 saturated carbocycles. The lowest BCUT2D eigenvalue weighted by atomic mass is 9.82. The lowest BCUT2D eigenvalue weighted by molar-refractivity contribution is 0.280. The van der Waals surface area contributed by atoms with Gasteiger partial charge in [-0.25, -0.2) is 0 Å². The Kier molecular flexibility index (Phi) is 5.67. The number of rotatable bonds is 5. The number of ether oxygens (including phenoxy) is 1. The van der Waals surface area contributed by atoms with E-state index in [1.54, 1.807) is 6.07 Å². The van der Waals surface area contributed by atoms with Gasteiger partial charge >= 0.3 is 0 Å². The van der Waals surface area contributed by atoms with E-state index in [4.69, 9.17) is 9.15 Å². The van der Waals surface area contributed by atoms with Gasteiger partial charge in [0.05, 0.1) is 5.39 Å². The number of para-hydroxylation sites is 1. The molecule has 0 bridgehead atoms. The third-order valence-electron chi connectivity index (χ3n) is 6.59. The maximum absolute atomic E-state index is 13.3. The van der Waals surface area contributed by atoms with Crippen LogP contribution >= 0.6 is 0 Å². The summed E-state index contributed by atoms with van der Waals surface area (Å²) >= 11 is 0. The Hall–Kier alpha value is -3.53. The maximum Gasteiger partial charge on any atom is 0.235 e. The molecule has 5 rings (SSSR count). The zero-order chi connectivity index (χ0) is 22.8. The first-order valence-corrected chi connectivity index (χ1v) is 11.6. The van der Waals surface area contributed by atoms with Crippen molar-refractivity contribution in [1.29, 1.82) is 0 Å². The van der Waals surface area contributed by atoms with Crippen molar-refractivity contribution in [2.24, 2.45) is 5.41 Å². The molecule has 4 aromatic rings. The zero-order valence-electron chi connectivity index (χ0n) is 19.2. The monoisotopic (exact) mass is 439 g/mol. The van der Waals surface area contributed by atoms with E-state index in [0.29, 0.717) is 28.8 Å². The average molecular weight is 440 g/mol. The van der Waals surface area contributed by atoms with Crippen LogP contribution in [0.4, 0.5) is 5.69 Å². The molecule has 4 heteroatoms. The highest BCUT2D eigenvalue weighted by Gasteiger charge is 2.25. The van der Waals surface area contributed by atoms with Gasteiger partial charge in [0, 0.05) is 24.3 Å². The molecule has 33 heavy (non-hydrogen) atoms. The molecule has 0 aliphatic carbocycles. The van der Waals surface area contributed by atoms with E-state index < -0.39 is 0 Å². The highest BCUT2D eigenvalue weighted by Crippen LogP contribution is 2.35. The van der Waals surface area contributed by atoms with Crippen LogP contribution in [0.25, 0.3) is 22.3 Å². The maximum atomic E-state index is 13.3. The molecule has 1 aliphatic heterocycles. The summed E-state index contributed by atoms with van der Waals surface area (Å²) in [4.78, 5) is 15.8. The van der Waals surface area contributed by atoms with Crippen LogP contribution in [0.2, 0.25) is 0 Å². The predicted molar refractivity (Wildman–Crippen MR) is 134 cm³/mol. The largest absolute Gasteiger partial charge is 0.481 e. The first-order valence-electron chi connectivity index (χ1n) is 11.6. The smallest absolute Gasteiger partial charge is 0.235 e. The Labute approximate surface area is 194 Å². The molecule has 168 valence electrons. The van der Waals surface area contributed by atoms with Crippen LogP contribution in [-0.2, 0) is 6.61 Å². The fraction of sp³-hybridized carbons (Fsp3) is 0.276. The number of hydrogen-bond acceptors (Lipinski definition) is 4. The third kappa shape index (κ3) is 4.51. The van der Waals surface area contributed by atoms with E-state index in [2.05, 4.69) is 30.9 Å². The Bertz CT molecular complexity index is 1300. The summed E-state index contributed by atoms with van der Waals surface area (Å²) in [6.45, 7) is 7.10. The molecule has 0 N–H and O–H groups in total. The minimum atomic E-state index is -0.148. The summed E-state index contributed by atoms with van der Waals surface area (Å²) < 4.78 is 12.3. The summed E-state index contributed by atoms with van der Waals surface area (Å²) in [5.41, 5.74) is 3.86. The van der Waals surface area contributed by atoms with E-state index in [9.17, 15) is 4.79 Å². The fourth-order valence-corrected chi connectivity index (χ4v) is 4.37. The minimum absolute atomic E-state index is 0.148. The van der Waals surface area contributed by atoms with E-state index in [0.717, 1.165) is 24.2 Å². The topological polar surface area (TPSA) is 42.7 Å². The molecule has 1 fully saturated rings. The Morgan fingerprint density at radius 1 is 0.879 bits per heavy atom. The van der Waals surface area contributed by atoms with Crippen molar-refractivity contribution in [3.8, 4) is 17.1 Å². The molecule has 0 atom stereocenters. The highest BCUT2D eigenvalue weighted by atomic mass is 16.5. The molecule has 0 unspecified atom stereocenters. The second-order valence-electron chi connectivity index (χ2n) is 9.56. The number of hydrogen-bond donors (Lipinski definition) is 0. The van der Waals surface area contributed by atoms with Gasteiger partial charge in [0.15, 0.2) is 5.76 Å². The minimum Gasteiger partial charge on any atom is -0.481 e. The van der Waals surface area contributed by atoms with Gasteiger partial charge in [0.1, 0.15) is 12.2 Å². The molecule has 1 aliphatic rings. The van der Waals surface area contributed by atoms with Crippen molar-refractivity contribution >= 4 is 16.7 Å². The summed E-state index contributed by atoms with van der Waals surface area (Å²) in [6, 6.07) is 25.5. The molecular weight excluding hydrogens is 410 g/mol. The molecule has 0 amide bonds. The van der Waals surface area contributed by atoms with Crippen LogP contribution in [0.15, 0.2) is 88.1 Å². The molecular formula is C29H29NO3. The van der Waals surface area contributed by atoms with E-state index in [1.165, 1.54) is 18.5 Å².